The molecule has 0 saturated carbocycles. The van der Waals surface area contributed by atoms with Gasteiger partial charge in [0.2, 0.25) is 0 Å². The van der Waals surface area contributed by atoms with Gasteiger partial charge in [-0.2, -0.15) is 0 Å². The highest BCUT2D eigenvalue weighted by atomic mass is 31.2. The zero-order valence-corrected chi connectivity index (χ0v) is 36.3. The van der Waals surface area contributed by atoms with E-state index in [1.165, 1.54) is 77.0 Å². The molecule has 0 bridgehead atoms. The van der Waals surface area contributed by atoms with Crippen LogP contribution in [0.2, 0.25) is 0 Å². The standard InChI is InChI=1S/C44H82NO8P/c1-6-8-10-12-14-16-18-20-22-24-26-28-30-32-34-36-43(46)50-40-42(41-52-54(48,49)51-39-38-45(3,4)5)53-44(47)37-35-33-31-29-27-25-23-21-19-17-15-13-11-9-7-2/h16,18,20,22,25,27,42H,6-15,17,19,21,23-24,26,28-41H2,1-5H3/b18-16+,22-20+,27-25+/t42-/m1/s1. The Hall–Kier alpha value is -1.77. The molecule has 0 amide bonds. The van der Waals surface area contributed by atoms with Gasteiger partial charge in [0.15, 0.2) is 6.10 Å². The van der Waals surface area contributed by atoms with E-state index in [1.54, 1.807) is 0 Å². The van der Waals surface area contributed by atoms with E-state index in [9.17, 15) is 19.0 Å². The SMILES string of the molecule is CCCCCC/C=C/C=C/CCCCCCCC(=O)OC[C@H](COP(=O)([O-])OCC[N+](C)(C)C)OC(=O)CCCCC/C=C/CCCCCCCCCC. The Labute approximate surface area is 331 Å². The highest BCUT2D eigenvalue weighted by molar-refractivity contribution is 7.45. The van der Waals surface area contributed by atoms with Gasteiger partial charge in [0, 0.05) is 12.8 Å². The summed E-state index contributed by atoms with van der Waals surface area (Å²) in [5.74, 6) is -0.870. The van der Waals surface area contributed by atoms with Gasteiger partial charge < -0.3 is 27.9 Å². The number of allylic oxidation sites excluding steroid dienone is 6. The van der Waals surface area contributed by atoms with Crippen LogP contribution in [0.4, 0.5) is 0 Å². The summed E-state index contributed by atoms with van der Waals surface area (Å²) in [5.41, 5.74) is 0. The number of nitrogens with zero attached hydrogens (tertiary/aromatic N) is 1. The van der Waals surface area contributed by atoms with Gasteiger partial charge in [-0.1, -0.05) is 140 Å². The van der Waals surface area contributed by atoms with Crippen molar-refractivity contribution in [3.05, 3.63) is 36.5 Å². The fourth-order valence-corrected chi connectivity index (χ4v) is 6.43. The maximum absolute atomic E-state index is 12.6. The number of hydrogen-bond donors (Lipinski definition) is 0. The number of esters is 2. The van der Waals surface area contributed by atoms with Gasteiger partial charge in [-0.3, -0.25) is 14.2 Å². The minimum atomic E-state index is -4.63. The van der Waals surface area contributed by atoms with Crippen molar-refractivity contribution in [1.29, 1.82) is 0 Å². The number of carbonyl (C=O) groups excluding carboxylic acids is 2. The van der Waals surface area contributed by atoms with Crippen LogP contribution in [-0.4, -0.2) is 70.0 Å². The number of phosphoric acid groups is 1. The summed E-state index contributed by atoms with van der Waals surface area (Å²) in [6.45, 7) is 4.17. The average molecular weight is 784 g/mol. The first-order valence-corrected chi connectivity index (χ1v) is 23.2. The van der Waals surface area contributed by atoms with Crippen molar-refractivity contribution in [2.45, 2.75) is 187 Å². The Kier molecular flexibility index (Phi) is 35.6. The molecule has 0 aromatic carbocycles. The molecule has 0 N–H and O–H groups in total. The largest absolute Gasteiger partial charge is 0.756 e. The zero-order valence-electron chi connectivity index (χ0n) is 35.4. The summed E-state index contributed by atoms with van der Waals surface area (Å²) < 4.78 is 33.8. The molecule has 0 fully saturated rings. The second-order valence-electron chi connectivity index (χ2n) is 15.7. The van der Waals surface area contributed by atoms with Crippen LogP contribution in [-0.2, 0) is 32.7 Å². The lowest BCUT2D eigenvalue weighted by Gasteiger charge is -2.28. The number of ether oxygens (including phenoxy) is 2. The van der Waals surface area contributed by atoms with E-state index in [0.717, 1.165) is 64.2 Å². The van der Waals surface area contributed by atoms with E-state index in [0.29, 0.717) is 23.9 Å². The third kappa shape index (κ3) is 39.9. The fraction of sp³-hybridized carbons (Fsp3) is 0.818. The molecule has 1 unspecified atom stereocenters. The van der Waals surface area contributed by atoms with E-state index in [4.69, 9.17) is 18.5 Å². The first kappa shape index (κ1) is 52.2. The smallest absolute Gasteiger partial charge is 0.306 e. The normalized spacial score (nSPS) is 14.0. The zero-order chi connectivity index (χ0) is 40.0. The molecule has 0 radical (unpaired) electrons. The van der Waals surface area contributed by atoms with Gasteiger partial charge in [0.05, 0.1) is 27.7 Å². The van der Waals surface area contributed by atoms with Gasteiger partial charge in [0.25, 0.3) is 7.82 Å². The van der Waals surface area contributed by atoms with Crippen LogP contribution in [0.3, 0.4) is 0 Å². The van der Waals surface area contributed by atoms with E-state index in [1.807, 2.05) is 21.1 Å². The second-order valence-corrected chi connectivity index (χ2v) is 17.1. The molecule has 9 nitrogen and oxygen atoms in total. The van der Waals surface area contributed by atoms with Crippen LogP contribution in [0.5, 0.6) is 0 Å². The van der Waals surface area contributed by atoms with Crippen LogP contribution >= 0.6 is 7.82 Å². The number of rotatable bonds is 39. The molecule has 54 heavy (non-hydrogen) atoms. The molecule has 0 saturated heterocycles. The van der Waals surface area contributed by atoms with E-state index >= 15 is 0 Å². The third-order valence-electron chi connectivity index (χ3n) is 9.16. The van der Waals surface area contributed by atoms with Crippen molar-refractivity contribution in [2.24, 2.45) is 0 Å². The van der Waals surface area contributed by atoms with Crippen molar-refractivity contribution in [1.82, 2.24) is 0 Å². The lowest BCUT2D eigenvalue weighted by molar-refractivity contribution is -0.870. The molecule has 0 aromatic heterocycles. The minimum absolute atomic E-state index is 0.0363. The number of hydrogen-bond acceptors (Lipinski definition) is 8. The van der Waals surface area contributed by atoms with Gasteiger partial charge in [-0.15, -0.1) is 0 Å². The van der Waals surface area contributed by atoms with Gasteiger partial charge >= 0.3 is 11.9 Å². The topological polar surface area (TPSA) is 111 Å². The van der Waals surface area contributed by atoms with Gasteiger partial charge in [-0.25, -0.2) is 0 Å². The molecule has 0 spiro atoms. The molecular formula is C44H82NO8P. The second kappa shape index (κ2) is 36.8. The quantitative estimate of drug-likeness (QED) is 0.0151. The highest BCUT2D eigenvalue weighted by Gasteiger charge is 2.21. The summed E-state index contributed by atoms with van der Waals surface area (Å²) in [6.07, 6.45) is 40.2. The summed E-state index contributed by atoms with van der Waals surface area (Å²) in [6, 6.07) is 0. The highest BCUT2D eigenvalue weighted by Crippen LogP contribution is 2.38. The third-order valence-corrected chi connectivity index (χ3v) is 10.1. The summed E-state index contributed by atoms with van der Waals surface area (Å²) in [7, 11) is 1.15. The Morgan fingerprint density at radius 1 is 0.574 bits per heavy atom. The Balaban J connectivity index is 4.42. The van der Waals surface area contributed by atoms with Crippen molar-refractivity contribution in [3.63, 3.8) is 0 Å². The summed E-state index contributed by atoms with van der Waals surface area (Å²) in [4.78, 5) is 37.5. The average Bonchev–Trinajstić information content (AvgIpc) is 3.12. The van der Waals surface area contributed by atoms with Gasteiger partial charge in [-0.05, 0) is 64.2 Å². The Morgan fingerprint density at radius 2 is 1.00 bits per heavy atom. The number of likely N-dealkylation sites (N-methyl/N-ethyl adjacent to an activating group) is 1. The summed E-state index contributed by atoms with van der Waals surface area (Å²) >= 11 is 0. The van der Waals surface area contributed by atoms with Crippen LogP contribution in [0.1, 0.15) is 181 Å². The first-order chi connectivity index (χ1) is 26.0. The van der Waals surface area contributed by atoms with E-state index < -0.39 is 32.5 Å². The van der Waals surface area contributed by atoms with Crippen LogP contribution in [0.15, 0.2) is 36.5 Å². The fourth-order valence-electron chi connectivity index (χ4n) is 5.70. The number of quaternary nitrogens is 1. The molecule has 316 valence electrons. The van der Waals surface area contributed by atoms with Crippen molar-refractivity contribution in [3.8, 4) is 0 Å². The predicted octanol–water partition coefficient (Wildman–Crippen LogP) is 11.5. The lowest BCUT2D eigenvalue weighted by Crippen LogP contribution is -2.37. The van der Waals surface area contributed by atoms with E-state index in [2.05, 4.69) is 50.3 Å². The molecular weight excluding hydrogens is 701 g/mol. The van der Waals surface area contributed by atoms with Crippen molar-refractivity contribution < 1.29 is 42.1 Å². The van der Waals surface area contributed by atoms with Crippen LogP contribution in [0.25, 0.3) is 0 Å². The Morgan fingerprint density at radius 3 is 1.52 bits per heavy atom. The molecule has 2 atom stereocenters. The maximum Gasteiger partial charge on any atom is 0.306 e. The molecule has 0 rings (SSSR count). The van der Waals surface area contributed by atoms with Gasteiger partial charge in [0.1, 0.15) is 19.8 Å². The molecule has 0 aliphatic carbocycles. The first-order valence-electron chi connectivity index (χ1n) is 21.7. The maximum atomic E-state index is 12.6. The van der Waals surface area contributed by atoms with Crippen molar-refractivity contribution >= 4 is 19.8 Å². The molecule has 0 heterocycles. The molecule has 0 aliphatic heterocycles. The molecule has 0 aliphatic rings. The number of carbonyl (C=O) groups is 2. The van der Waals surface area contributed by atoms with Crippen LogP contribution in [0, 0.1) is 0 Å². The lowest BCUT2D eigenvalue weighted by atomic mass is 10.1. The number of unbranched alkanes of at least 4 members (excludes halogenated alkanes) is 20. The Bertz CT molecular complexity index is 1020. The van der Waals surface area contributed by atoms with Crippen molar-refractivity contribution in [2.75, 3.05) is 47.5 Å². The van der Waals surface area contributed by atoms with Crippen LogP contribution < -0.4 is 4.89 Å². The summed E-state index contributed by atoms with van der Waals surface area (Å²) in [5, 5.41) is 0. The molecule has 10 heteroatoms. The molecule has 0 aromatic rings. The number of phosphoric ester groups is 1. The minimum Gasteiger partial charge on any atom is -0.756 e. The predicted molar refractivity (Wildman–Crippen MR) is 222 cm³/mol. The monoisotopic (exact) mass is 784 g/mol. The van der Waals surface area contributed by atoms with E-state index in [-0.39, 0.29) is 26.1 Å².